The zero-order valence-corrected chi connectivity index (χ0v) is 7.08. The Bertz CT molecular complexity index is 313. The number of aromatic hydroxyl groups is 3. The average molecular weight is 207 g/mol. The molecule has 0 bridgehead atoms. The van der Waals surface area contributed by atoms with Crippen LogP contribution in [0.25, 0.3) is 0 Å². The molecule has 13 heavy (non-hydrogen) atoms. The molecule has 6 heteroatoms. The van der Waals surface area contributed by atoms with Crippen LogP contribution in [0.1, 0.15) is 10.4 Å². The summed E-state index contributed by atoms with van der Waals surface area (Å²) < 4.78 is 0. The Morgan fingerprint density at radius 3 is 1.77 bits per heavy atom. The first kappa shape index (κ1) is 11.4. The minimum atomic E-state index is -1.29. The topological polar surface area (TPSA) is 98.0 Å². The van der Waals surface area contributed by atoms with Gasteiger partial charge in [0.1, 0.15) is 0 Å². The first-order valence-corrected chi connectivity index (χ1v) is 3.00. The molecule has 0 spiro atoms. The van der Waals surface area contributed by atoms with Crippen molar-refractivity contribution in [3.8, 4) is 17.2 Å². The van der Waals surface area contributed by atoms with E-state index in [2.05, 4.69) is 0 Å². The van der Waals surface area contributed by atoms with Crippen LogP contribution in [0.3, 0.4) is 0 Å². The molecular weight excluding hydrogens is 200 g/mol. The van der Waals surface area contributed by atoms with Crippen molar-refractivity contribution in [1.29, 1.82) is 0 Å². The maximum absolute atomic E-state index is 10.3. The van der Waals surface area contributed by atoms with Crippen LogP contribution in [0.15, 0.2) is 12.1 Å². The van der Waals surface area contributed by atoms with Crippen molar-refractivity contribution in [1.82, 2.24) is 0 Å². The predicted molar refractivity (Wildman–Crippen MR) is 45.6 cm³/mol. The second-order valence-electron chi connectivity index (χ2n) is 2.17. The van der Waals surface area contributed by atoms with Gasteiger partial charge in [0, 0.05) is 0 Å². The number of benzene rings is 1. The highest BCUT2D eigenvalue weighted by atomic mass is 35.5. The Labute approximate surface area is 79.3 Å². The summed E-state index contributed by atoms with van der Waals surface area (Å²) in [6.45, 7) is 0. The van der Waals surface area contributed by atoms with Crippen molar-refractivity contribution in [3.63, 3.8) is 0 Å². The molecule has 0 amide bonds. The van der Waals surface area contributed by atoms with E-state index in [1.54, 1.807) is 0 Å². The van der Waals surface area contributed by atoms with Crippen molar-refractivity contribution >= 4 is 18.4 Å². The molecule has 1 rings (SSSR count). The first-order chi connectivity index (χ1) is 5.52. The Hall–Kier alpha value is -1.62. The maximum atomic E-state index is 10.3. The van der Waals surface area contributed by atoms with Gasteiger partial charge in [-0.25, -0.2) is 4.79 Å². The number of hydrogen-bond acceptors (Lipinski definition) is 4. The number of rotatable bonds is 1. The quantitative estimate of drug-likeness (QED) is 0.513. The van der Waals surface area contributed by atoms with Gasteiger partial charge in [0.15, 0.2) is 17.2 Å². The largest absolute Gasteiger partial charge is 0.504 e. The normalized spacial score (nSPS) is 8.92. The van der Waals surface area contributed by atoms with E-state index in [1.165, 1.54) is 0 Å². The zero-order valence-electron chi connectivity index (χ0n) is 6.26. The molecule has 0 heterocycles. The van der Waals surface area contributed by atoms with Crippen molar-refractivity contribution in [2.75, 3.05) is 0 Å². The lowest BCUT2D eigenvalue weighted by molar-refractivity contribution is 0.0696. The molecule has 0 fully saturated rings. The number of carboxylic acid groups (broad SMARTS) is 1. The average Bonchev–Trinajstić information content (AvgIpc) is 1.99. The molecule has 0 saturated carbocycles. The van der Waals surface area contributed by atoms with E-state index < -0.39 is 23.2 Å². The lowest BCUT2D eigenvalue weighted by Gasteiger charge is -2.01. The minimum Gasteiger partial charge on any atom is -0.504 e. The van der Waals surface area contributed by atoms with E-state index in [1.807, 2.05) is 0 Å². The van der Waals surface area contributed by atoms with Crippen LogP contribution in [-0.4, -0.2) is 26.4 Å². The van der Waals surface area contributed by atoms with Crippen molar-refractivity contribution in [2.24, 2.45) is 0 Å². The highest BCUT2D eigenvalue weighted by Gasteiger charge is 2.11. The number of aromatic carboxylic acids is 1. The van der Waals surface area contributed by atoms with Gasteiger partial charge in [0.25, 0.3) is 0 Å². The fourth-order valence-corrected chi connectivity index (χ4v) is 0.728. The molecule has 0 aliphatic carbocycles. The smallest absolute Gasteiger partial charge is 0.335 e. The predicted octanol–water partition coefficient (Wildman–Crippen LogP) is 0.923. The summed E-state index contributed by atoms with van der Waals surface area (Å²) >= 11 is 0. The molecular formula is C7H7ClO5. The number of halogens is 1. The van der Waals surface area contributed by atoms with Crippen LogP contribution in [0.5, 0.6) is 17.2 Å². The number of carbonyl (C=O) groups is 1. The van der Waals surface area contributed by atoms with Crippen LogP contribution in [0.4, 0.5) is 0 Å². The fraction of sp³-hybridized carbons (Fsp3) is 0. The molecule has 0 aromatic heterocycles. The Balaban J connectivity index is 0.00000144. The van der Waals surface area contributed by atoms with Gasteiger partial charge in [-0.15, -0.1) is 12.4 Å². The molecule has 0 unspecified atom stereocenters. The first-order valence-electron chi connectivity index (χ1n) is 3.00. The molecule has 0 atom stereocenters. The molecule has 5 nitrogen and oxygen atoms in total. The second-order valence-corrected chi connectivity index (χ2v) is 2.17. The summed E-state index contributed by atoms with van der Waals surface area (Å²) in [5.74, 6) is -3.33. The van der Waals surface area contributed by atoms with E-state index in [0.717, 1.165) is 12.1 Å². The second kappa shape index (κ2) is 3.86. The summed E-state index contributed by atoms with van der Waals surface area (Å²) in [6.07, 6.45) is 0. The van der Waals surface area contributed by atoms with Gasteiger partial charge in [-0.3, -0.25) is 0 Å². The van der Waals surface area contributed by atoms with Crippen LogP contribution >= 0.6 is 12.4 Å². The highest BCUT2D eigenvalue weighted by molar-refractivity contribution is 5.89. The van der Waals surface area contributed by atoms with Crippen molar-refractivity contribution in [3.05, 3.63) is 17.7 Å². The zero-order chi connectivity index (χ0) is 9.30. The lowest BCUT2D eigenvalue weighted by Crippen LogP contribution is -1.95. The standard InChI is InChI=1S/C7H6O5.ClH/c8-4-1-3(7(11)12)2-5(9)6(4)10;/h1-2,8-10H,(H,11,12);1H. The van der Waals surface area contributed by atoms with Crippen LogP contribution in [0.2, 0.25) is 0 Å². The van der Waals surface area contributed by atoms with E-state index in [0.29, 0.717) is 0 Å². The summed E-state index contributed by atoms with van der Waals surface area (Å²) in [6, 6.07) is 1.69. The van der Waals surface area contributed by atoms with Gasteiger partial charge in [0.2, 0.25) is 0 Å². The van der Waals surface area contributed by atoms with E-state index in [4.69, 9.17) is 20.4 Å². The number of phenols is 3. The monoisotopic (exact) mass is 206 g/mol. The van der Waals surface area contributed by atoms with Crippen molar-refractivity contribution in [2.45, 2.75) is 0 Å². The summed E-state index contributed by atoms with van der Waals surface area (Å²) in [7, 11) is 0. The van der Waals surface area contributed by atoms with E-state index >= 15 is 0 Å². The Kier molecular flexibility index (Phi) is 3.38. The molecule has 1 aromatic rings. The molecule has 1 aromatic carbocycles. The molecule has 0 saturated heterocycles. The molecule has 4 N–H and O–H groups in total. The maximum Gasteiger partial charge on any atom is 0.335 e. The Morgan fingerprint density at radius 1 is 1.08 bits per heavy atom. The van der Waals surface area contributed by atoms with Crippen LogP contribution < -0.4 is 0 Å². The van der Waals surface area contributed by atoms with Crippen molar-refractivity contribution < 1.29 is 25.2 Å². The number of phenolic OH excluding ortho intramolecular Hbond substituents is 3. The third-order valence-electron chi connectivity index (χ3n) is 1.32. The van der Waals surface area contributed by atoms with Gasteiger partial charge >= 0.3 is 5.97 Å². The van der Waals surface area contributed by atoms with Gasteiger partial charge in [-0.2, -0.15) is 0 Å². The minimum absolute atomic E-state index is 0. The van der Waals surface area contributed by atoms with E-state index in [9.17, 15) is 4.79 Å². The van der Waals surface area contributed by atoms with E-state index in [-0.39, 0.29) is 18.0 Å². The van der Waals surface area contributed by atoms with Crippen LogP contribution in [-0.2, 0) is 0 Å². The highest BCUT2D eigenvalue weighted by Crippen LogP contribution is 2.35. The molecule has 0 radical (unpaired) electrons. The fourth-order valence-electron chi connectivity index (χ4n) is 0.728. The van der Waals surface area contributed by atoms with Gasteiger partial charge in [-0.05, 0) is 12.1 Å². The molecule has 72 valence electrons. The van der Waals surface area contributed by atoms with Gasteiger partial charge < -0.3 is 20.4 Å². The number of carboxylic acids is 1. The molecule has 0 aliphatic rings. The Morgan fingerprint density at radius 2 is 1.46 bits per heavy atom. The van der Waals surface area contributed by atoms with Crippen LogP contribution in [0, 0.1) is 0 Å². The summed E-state index contributed by atoms with van der Waals surface area (Å²) in [4.78, 5) is 10.3. The molecule has 0 aliphatic heterocycles. The SMILES string of the molecule is Cl.O=C(O)c1cc(O)c(O)c(O)c1. The summed E-state index contributed by atoms with van der Waals surface area (Å²) in [5.41, 5.74) is -0.289. The summed E-state index contributed by atoms with van der Waals surface area (Å²) in [5, 5.41) is 35.0. The number of hydrogen-bond donors (Lipinski definition) is 4. The third-order valence-corrected chi connectivity index (χ3v) is 1.32. The lowest BCUT2D eigenvalue weighted by atomic mass is 10.2. The third kappa shape index (κ3) is 2.16. The van der Waals surface area contributed by atoms with Gasteiger partial charge in [0.05, 0.1) is 5.56 Å². The van der Waals surface area contributed by atoms with Gasteiger partial charge in [-0.1, -0.05) is 0 Å².